The van der Waals surface area contributed by atoms with Crippen LogP contribution >= 0.6 is 0 Å². The number of aromatic nitrogens is 2. The second kappa shape index (κ2) is 7.59. The van der Waals surface area contributed by atoms with Gasteiger partial charge in [-0.25, -0.2) is 4.98 Å². The monoisotopic (exact) mass is 395 g/mol. The van der Waals surface area contributed by atoms with Gasteiger partial charge in [0.15, 0.2) is 0 Å². The Morgan fingerprint density at radius 3 is 2.87 bits per heavy atom. The molecule has 0 radical (unpaired) electrons. The van der Waals surface area contributed by atoms with Gasteiger partial charge in [-0.1, -0.05) is 29.8 Å². The number of aryl methyl sites for hydroxylation is 1. The Bertz CT molecular complexity index is 1210. The number of para-hydroxylation sites is 1. The van der Waals surface area contributed by atoms with Gasteiger partial charge in [0.25, 0.3) is 5.91 Å². The van der Waals surface area contributed by atoms with Crippen molar-refractivity contribution in [2.45, 2.75) is 19.4 Å². The Hall–Kier alpha value is -3.73. The fourth-order valence-electron chi connectivity index (χ4n) is 3.86. The van der Waals surface area contributed by atoms with E-state index < -0.39 is 0 Å². The van der Waals surface area contributed by atoms with Crippen LogP contribution in [0.3, 0.4) is 0 Å². The summed E-state index contributed by atoms with van der Waals surface area (Å²) in [6.07, 6.45) is 4.22. The van der Waals surface area contributed by atoms with E-state index in [1.807, 2.05) is 61.5 Å². The van der Waals surface area contributed by atoms with E-state index in [0.29, 0.717) is 12.1 Å². The Morgan fingerprint density at radius 1 is 1.13 bits per heavy atom. The smallest absolute Gasteiger partial charge is 0.252 e. The molecule has 148 valence electrons. The van der Waals surface area contributed by atoms with Gasteiger partial charge in [-0.3, -0.25) is 9.78 Å². The zero-order valence-corrected chi connectivity index (χ0v) is 16.6. The van der Waals surface area contributed by atoms with Crippen molar-refractivity contribution in [1.29, 1.82) is 0 Å². The van der Waals surface area contributed by atoms with Gasteiger partial charge in [0, 0.05) is 29.8 Å². The quantitative estimate of drug-likeness (QED) is 0.558. The van der Waals surface area contributed by atoms with Crippen molar-refractivity contribution in [3.05, 3.63) is 89.7 Å². The molecule has 4 aromatic rings. The summed E-state index contributed by atoms with van der Waals surface area (Å²) in [6, 6.07) is 19.6. The molecule has 1 amide bonds. The van der Waals surface area contributed by atoms with E-state index in [-0.39, 0.29) is 12.0 Å². The second-order valence-corrected chi connectivity index (χ2v) is 7.58. The van der Waals surface area contributed by atoms with Gasteiger partial charge in [-0.15, -0.1) is 0 Å². The summed E-state index contributed by atoms with van der Waals surface area (Å²) >= 11 is 0. The van der Waals surface area contributed by atoms with Gasteiger partial charge in [0.2, 0.25) is 0 Å². The maximum Gasteiger partial charge on any atom is 0.252 e. The Labute approximate surface area is 174 Å². The van der Waals surface area contributed by atoms with E-state index in [1.54, 1.807) is 12.4 Å². The zero-order valence-electron chi connectivity index (χ0n) is 16.6. The molecule has 0 aliphatic carbocycles. The third-order valence-corrected chi connectivity index (χ3v) is 5.37. The van der Waals surface area contributed by atoms with Crippen molar-refractivity contribution in [1.82, 2.24) is 15.3 Å². The fraction of sp³-hybridized carbons (Fsp3) is 0.160. The summed E-state index contributed by atoms with van der Waals surface area (Å²) in [6.45, 7) is 2.46. The fourth-order valence-corrected chi connectivity index (χ4v) is 3.86. The van der Waals surface area contributed by atoms with Gasteiger partial charge in [-0.05, 0) is 48.9 Å². The summed E-state index contributed by atoms with van der Waals surface area (Å²) in [5.74, 6) is 0.776. The van der Waals surface area contributed by atoms with E-state index in [9.17, 15) is 4.79 Å². The summed E-state index contributed by atoms with van der Waals surface area (Å²) in [5, 5.41) is 3.90. The number of hydrogen-bond donors (Lipinski definition) is 1. The SMILES string of the molecule is Cc1ccc2nc(-c3cccnc3)cc(C(=O)NCC3Cc4ccccc4O3)c2c1. The lowest BCUT2D eigenvalue weighted by molar-refractivity contribution is 0.0935. The molecule has 5 heteroatoms. The predicted molar refractivity (Wildman–Crippen MR) is 117 cm³/mol. The highest BCUT2D eigenvalue weighted by Crippen LogP contribution is 2.28. The average Bonchev–Trinajstić information content (AvgIpc) is 3.20. The maximum absolute atomic E-state index is 13.2. The van der Waals surface area contributed by atoms with Crippen LogP contribution in [0.15, 0.2) is 73.1 Å². The summed E-state index contributed by atoms with van der Waals surface area (Å²) < 4.78 is 5.96. The molecule has 2 aromatic heterocycles. The lowest BCUT2D eigenvalue weighted by Gasteiger charge is -2.14. The lowest BCUT2D eigenvalue weighted by atomic mass is 10.0. The van der Waals surface area contributed by atoms with Crippen molar-refractivity contribution in [2.75, 3.05) is 6.54 Å². The van der Waals surface area contributed by atoms with Crippen LogP contribution in [-0.2, 0) is 6.42 Å². The van der Waals surface area contributed by atoms with E-state index in [1.165, 1.54) is 5.56 Å². The Morgan fingerprint density at radius 2 is 2.03 bits per heavy atom. The van der Waals surface area contributed by atoms with Crippen LogP contribution in [0.2, 0.25) is 0 Å². The van der Waals surface area contributed by atoms with Gasteiger partial charge in [-0.2, -0.15) is 0 Å². The van der Waals surface area contributed by atoms with Crippen LogP contribution in [0.25, 0.3) is 22.2 Å². The first kappa shape index (κ1) is 18.3. The molecule has 1 unspecified atom stereocenters. The highest BCUT2D eigenvalue weighted by atomic mass is 16.5. The molecular formula is C25H21N3O2. The molecule has 0 fully saturated rings. The van der Waals surface area contributed by atoms with Crippen LogP contribution in [0, 0.1) is 6.92 Å². The maximum atomic E-state index is 13.2. The van der Waals surface area contributed by atoms with E-state index in [2.05, 4.69) is 16.4 Å². The number of carbonyl (C=O) groups excluding carboxylic acids is 1. The molecule has 0 bridgehead atoms. The first-order valence-corrected chi connectivity index (χ1v) is 10.0. The van der Waals surface area contributed by atoms with Crippen LogP contribution in [0.5, 0.6) is 5.75 Å². The summed E-state index contributed by atoms with van der Waals surface area (Å²) in [7, 11) is 0. The molecule has 5 rings (SSSR count). The molecule has 1 aliphatic heterocycles. The number of rotatable bonds is 4. The first-order valence-electron chi connectivity index (χ1n) is 10.0. The second-order valence-electron chi connectivity index (χ2n) is 7.58. The number of nitrogens with zero attached hydrogens (tertiary/aromatic N) is 2. The minimum Gasteiger partial charge on any atom is -0.488 e. The number of fused-ring (bicyclic) bond motifs is 2. The molecule has 1 aliphatic rings. The molecule has 3 heterocycles. The van der Waals surface area contributed by atoms with Crippen molar-refractivity contribution in [3.63, 3.8) is 0 Å². The molecule has 0 saturated carbocycles. The van der Waals surface area contributed by atoms with E-state index in [4.69, 9.17) is 9.72 Å². The number of amides is 1. The predicted octanol–water partition coefficient (Wildman–Crippen LogP) is 4.34. The van der Waals surface area contributed by atoms with E-state index >= 15 is 0 Å². The Balaban J connectivity index is 1.43. The number of pyridine rings is 2. The average molecular weight is 395 g/mol. The summed E-state index contributed by atoms with van der Waals surface area (Å²) in [5.41, 5.74) is 5.27. The molecule has 1 N–H and O–H groups in total. The Kier molecular flexibility index (Phi) is 4.64. The lowest BCUT2D eigenvalue weighted by Crippen LogP contribution is -2.34. The standard InChI is InChI=1S/C25H21N3O2/c1-16-8-9-22-20(11-16)21(13-23(28-22)18-6-4-10-26-14-18)25(29)27-15-19-12-17-5-2-3-7-24(17)30-19/h2-11,13-14,19H,12,15H2,1H3,(H,27,29). The van der Waals surface area contributed by atoms with Gasteiger partial charge < -0.3 is 10.1 Å². The number of benzene rings is 2. The van der Waals surface area contributed by atoms with Crippen LogP contribution in [-0.4, -0.2) is 28.5 Å². The molecule has 5 nitrogen and oxygen atoms in total. The largest absolute Gasteiger partial charge is 0.488 e. The minimum absolute atomic E-state index is 0.0565. The van der Waals surface area contributed by atoms with Gasteiger partial charge in [0.1, 0.15) is 11.9 Å². The normalized spacial score (nSPS) is 14.9. The number of nitrogens with one attached hydrogen (secondary N) is 1. The van der Waals surface area contributed by atoms with Crippen LogP contribution < -0.4 is 10.1 Å². The molecule has 1 atom stereocenters. The van der Waals surface area contributed by atoms with Crippen LogP contribution in [0.1, 0.15) is 21.5 Å². The topological polar surface area (TPSA) is 64.1 Å². The van der Waals surface area contributed by atoms with E-state index in [0.717, 1.165) is 39.9 Å². The molecule has 0 spiro atoms. The third kappa shape index (κ3) is 3.50. The van der Waals surface area contributed by atoms with Crippen molar-refractivity contribution in [2.24, 2.45) is 0 Å². The molecule has 0 saturated heterocycles. The highest BCUT2D eigenvalue weighted by molar-refractivity contribution is 6.07. The highest BCUT2D eigenvalue weighted by Gasteiger charge is 2.23. The number of carbonyl (C=O) groups is 1. The molecule has 30 heavy (non-hydrogen) atoms. The molecule has 2 aromatic carbocycles. The first-order chi connectivity index (χ1) is 14.7. The van der Waals surface area contributed by atoms with Crippen molar-refractivity contribution < 1.29 is 9.53 Å². The van der Waals surface area contributed by atoms with Crippen molar-refractivity contribution in [3.8, 4) is 17.0 Å². The minimum atomic E-state index is -0.127. The van der Waals surface area contributed by atoms with Gasteiger partial charge in [0.05, 0.1) is 23.3 Å². The molecular weight excluding hydrogens is 374 g/mol. The van der Waals surface area contributed by atoms with Crippen LogP contribution in [0.4, 0.5) is 0 Å². The number of hydrogen-bond acceptors (Lipinski definition) is 4. The number of ether oxygens (including phenoxy) is 1. The summed E-state index contributed by atoms with van der Waals surface area (Å²) in [4.78, 5) is 22.1. The van der Waals surface area contributed by atoms with Gasteiger partial charge >= 0.3 is 0 Å². The zero-order chi connectivity index (χ0) is 20.5. The third-order valence-electron chi connectivity index (χ3n) is 5.37. The van der Waals surface area contributed by atoms with Crippen molar-refractivity contribution >= 4 is 16.8 Å².